The van der Waals surface area contributed by atoms with Crippen LogP contribution in [-0.2, 0) is 0 Å². The minimum atomic E-state index is 0.0455. The molecule has 6 aromatic rings. The summed E-state index contributed by atoms with van der Waals surface area (Å²) in [5, 5.41) is 62.7. The van der Waals surface area contributed by atoms with E-state index in [0.29, 0.717) is 29.1 Å². The number of aromatic hydroxyl groups is 2. The average molecular weight is 715 g/mol. The molecule has 0 radical (unpaired) electrons. The number of aliphatic hydroxyl groups is 1. The second-order valence-corrected chi connectivity index (χ2v) is 13.6. The lowest BCUT2D eigenvalue weighted by Crippen LogP contribution is -2.52. The summed E-state index contributed by atoms with van der Waals surface area (Å²) in [4.78, 5) is 4.39. The van der Waals surface area contributed by atoms with E-state index < -0.39 is 0 Å². The van der Waals surface area contributed by atoms with E-state index in [0.717, 1.165) is 62.2 Å². The van der Waals surface area contributed by atoms with Crippen LogP contribution in [0.1, 0.15) is 19.3 Å². The Morgan fingerprint density at radius 1 is 0.698 bits per heavy atom. The molecule has 0 saturated carbocycles. The molecule has 4 aromatic heterocycles. The van der Waals surface area contributed by atoms with E-state index in [1.807, 2.05) is 73.1 Å². The zero-order chi connectivity index (χ0) is 36.2. The van der Waals surface area contributed by atoms with Crippen molar-refractivity contribution in [1.29, 1.82) is 0 Å². The number of anilines is 2. The molecule has 2 unspecified atom stereocenters. The summed E-state index contributed by atoms with van der Waals surface area (Å²) in [7, 11) is 0. The first kappa shape index (κ1) is 34.2. The number of nitrogens with zero attached hydrogens (tertiary/aromatic N) is 10. The standard InChI is InChI=1S/C20H22N6O.C18H20N6O2/c27-18-13-15(26-11-2-10-22-26)3-4-16(18)17-5-6-19(24-23-17)25-12-8-20(14-25)7-1-9-21-20;25-12-13-11-23(9-7-19-13)18-5-4-16(21-22-18)15-3-2-14(10-17(15)26)24-8-1-6-20-24/h2-6,10-11,13,21,27H,1,7-9,12,14H2;1-6,8,10,13,19,25-26H,7,9,11-12H2. The molecule has 9 rings (SSSR count). The van der Waals surface area contributed by atoms with E-state index in [9.17, 15) is 15.3 Å². The van der Waals surface area contributed by atoms with Crippen LogP contribution in [0.4, 0.5) is 11.6 Å². The molecule has 3 saturated heterocycles. The lowest BCUT2D eigenvalue weighted by Gasteiger charge is -2.33. The van der Waals surface area contributed by atoms with Crippen molar-refractivity contribution in [2.24, 2.45) is 0 Å². The lowest BCUT2D eigenvalue weighted by molar-refractivity contribution is 0.235. The highest BCUT2D eigenvalue weighted by Gasteiger charge is 2.40. The minimum Gasteiger partial charge on any atom is -0.507 e. The molecule has 1 spiro atoms. The van der Waals surface area contributed by atoms with Crippen molar-refractivity contribution < 1.29 is 15.3 Å². The molecular formula is C38H42N12O3. The monoisotopic (exact) mass is 714 g/mol. The van der Waals surface area contributed by atoms with Gasteiger partial charge in [0.15, 0.2) is 11.6 Å². The van der Waals surface area contributed by atoms with Crippen molar-refractivity contribution >= 4 is 11.6 Å². The van der Waals surface area contributed by atoms with Crippen LogP contribution in [0, 0.1) is 0 Å². The first-order valence-corrected chi connectivity index (χ1v) is 17.9. The van der Waals surface area contributed by atoms with Gasteiger partial charge in [0.1, 0.15) is 11.5 Å². The van der Waals surface area contributed by atoms with Gasteiger partial charge in [0.25, 0.3) is 0 Å². The number of piperazine rings is 1. The second kappa shape index (κ2) is 15.0. The molecule has 5 N–H and O–H groups in total. The number of phenols is 2. The molecule has 0 amide bonds. The normalized spacial score (nSPS) is 19.8. The van der Waals surface area contributed by atoms with Crippen LogP contribution >= 0.6 is 0 Å². The SMILES string of the molecule is OCC1CN(c2ccc(-c3ccc(-n4cccn4)cc3O)nn2)CCN1.Oc1cc(-n2cccn2)ccc1-c1ccc(N2CCC3(CCCN3)C2)nn1. The van der Waals surface area contributed by atoms with Crippen LogP contribution in [0.3, 0.4) is 0 Å². The van der Waals surface area contributed by atoms with Crippen LogP contribution in [0.25, 0.3) is 33.9 Å². The molecule has 53 heavy (non-hydrogen) atoms. The molecule has 0 bridgehead atoms. The summed E-state index contributed by atoms with van der Waals surface area (Å²) in [5.41, 5.74) is 4.40. The maximum absolute atomic E-state index is 10.4. The Morgan fingerprint density at radius 2 is 1.32 bits per heavy atom. The fraction of sp³-hybridized carbons (Fsp3) is 0.316. The van der Waals surface area contributed by atoms with Gasteiger partial charge >= 0.3 is 0 Å². The third kappa shape index (κ3) is 7.40. The number of aromatic nitrogens is 8. The van der Waals surface area contributed by atoms with Crippen molar-refractivity contribution in [2.75, 3.05) is 55.7 Å². The van der Waals surface area contributed by atoms with Crippen molar-refractivity contribution in [2.45, 2.75) is 30.8 Å². The number of benzene rings is 2. The predicted molar refractivity (Wildman–Crippen MR) is 200 cm³/mol. The number of rotatable bonds is 7. The Kier molecular flexibility index (Phi) is 9.67. The molecule has 3 aliphatic rings. The average Bonchev–Trinajstić information content (AvgIpc) is 4.05. The number of hydrogen-bond acceptors (Lipinski definition) is 13. The van der Waals surface area contributed by atoms with Crippen LogP contribution < -0.4 is 20.4 Å². The molecule has 15 heteroatoms. The van der Waals surface area contributed by atoms with Crippen molar-refractivity contribution in [3.8, 4) is 45.4 Å². The fourth-order valence-corrected chi connectivity index (χ4v) is 7.32. The zero-order valence-corrected chi connectivity index (χ0v) is 29.2. The highest BCUT2D eigenvalue weighted by molar-refractivity contribution is 5.70. The van der Waals surface area contributed by atoms with E-state index in [4.69, 9.17) is 0 Å². The van der Waals surface area contributed by atoms with Gasteiger partial charge in [-0.15, -0.1) is 20.4 Å². The van der Waals surface area contributed by atoms with Gasteiger partial charge in [-0.1, -0.05) is 0 Å². The Bertz CT molecular complexity index is 2100. The van der Waals surface area contributed by atoms with Gasteiger partial charge in [-0.05, 0) is 86.5 Å². The minimum absolute atomic E-state index is 0.0455. The van der Waals surface area contributed by atoms with Gasteiger partial charge < -0.3 is 35.8 Å². The maximum Gasteiger partial charge on any atom is 0.151 e. The smallest absolute Gasteiger partial charge is 0.151 e. The van der Waals surface area contributed by atoms with Crippen molar-refractivity contribution in [3.63, 3.8) is 0 Å². The number of nitrogens with one attached hydrogen (secondary N) is 2. The van der Waals surface area contributed by atoms with Gasteiger partial charge in [0.2, 0.25) is 0 Å². The Balaban J connectivity index is 0.000000151. The third-order valence-corrected chi connectivity index (χ3v) is 10.2. The largest absolute Gasteiger partial charge is 0.507 e. The number of hydrogen-bond donors (Lipinski definition) is 5. The Hall–Kier alpha value is -5.90. The highest BCUT2D eigenvalue weighted by Crippen LogP contribution is 2.34. The van der Waals surface area contributed by atoms with Gasteiger partial charge in [0, 0.05) is 92.4 Å². The summed E-state index contributed by atoms with van der Waals surface area (Å²) < 4.78 is 3.39. The molecule has 3 fully saturated rings. The zero-order valence-electron chi connectivity index (χ0n) is 29.2. The lowest BCUT2D eigenvalue weighted by atomic mass is 9.97. The summed E-state index contributed by atoms with van der Waals surface area (Å²) in [6.45, 7) is 5.51. The maximum atomic E-state index is 10.4. The number of phenolic OH excluding ortho intramolecular Hbond substituents is 2. The predicted octanol–water partition coefficient (Wildman–Crippen LogP) is 3.17. The Labute approximate surface area is 306 Å². The molecule has 2 atom stereocenters. The quantitative estimate of drug-likeness (QED) is 0.163. The van der Waals surface area contributed by atoms with Crippen LogP contribution in [0.15, 0.2) is 97.6 Å². The first-order chi connectivity index (χ1) is 26.0. The Morgan fingerprint density at radius 3 is 1.81 bits per heavy atom. The molecule has 7 heterocycles. The number of aliphatic hydroxyl groups excluding tert-OH is 1. The summed E-state index contributed by atoms with van der Waals surface area (Å²) in [6, 6.07) is 22.2. The summed E-state index contributed by atoms with van der Waals surface area (Å²) in [5.74, 6) is 1.96. The van der Waals surface area contributed by atoms with Crippen LogP contribution in [0.5, 0.6) is 11.5 Å². The second-order valence-electron chi connectivity index (χ2n) is 13.6. The van der Waals surface area contributed by atoms with E-state index in [2.05, 4.69) is 51.0 Å². The van der Waals surface area contributed by atoms with Gasteiger partial charge in [0.05, 0.1) is 29.4 Å². The molecule has 2 aromatic carbocycles. The molecular weight excluding hydrogens is 672 g/mol. The van der Waals surface area contributed by atoms with Gasteiger partial charge in [-0.2, -0.15) is 10.2 Å². The highest BCUT2D eigenvalue weighted by atomic mass is 16.3. The summed E-state index contributed by atoms with van der Waals surface area (Å²) in [6.07, 6.45) is 10.7. The van der Waals surface area contributed by atoms with E-state index in [1.165, 1.54) is 12.8 Å². The van der Waals surface area contributed by atoms with Gasteiger partial charge in [-0.25, -0.2) is 9.36 Å². The summed E-state index contributed by atoms with van der Waals surface area (Å²) >= 11 is 0. The van der Waals surface area contributed by atoms with E-state index in [-0.39, 0.29) is 29.7 Å². The van der Waals surface area contributed by atoms with Crippen molar-refractivity contribution in [3.05, 3.63) is 97.6 Å². The molecule has 0 aliphatic carbocycles. The fourth-order valence-electron chi connectivity index (χ4n) is 7.32. The van der Waals surface area contributed by atoms with Crippen LogP contribution in [-0.4, -0.2) is 113 Å². The molecule has 272 valence electrons. The van der Waals surface area contributed by atoms with E-state index in [1.54, 1.807) is 33.9 Å². The molecule has 15 nitrogen and oxygen atoms in total. The topological polar surface area (TPSA) is 178 Å². The third-order valence-electron chi connectivity index (χ3n) is 10.2. The van der Waals surface area contributed by atoms with E-state index >= 15 is 0 Å². The molecule has 3 aliphatic heterocycles. The van der Waals surface area contributed by atoms with Gasteiger partial charge in [-0.3, -0.25) is 0 Å². The first-order valence-electron chi connectivity index (χ1n) is 17.9. The van der Waals surface area contributed by atoms with Crippen LogP contribution in [0.2, 0.25) is 0 Å². The van der Waals surface area contributed by atoms with Crippen molar-refractivity contribution in [1.82, 2.24) is 50.6 Å².